The number of hydrogen-bond donors (Lipinski definition) is 22. The SMILES string of the molecule is COC1C(N)CC(OC2c3ccc(c(Cl)c3)Oc3cc4cc(c3OC3OC(CO)C(O)C(O)C3OC3OC(C)C(O)C(O)C3O)Oc3ccc(cc3)C(O)C(NC(=O)C(=O)c3ccc(O)c(Cl)c3)C(=O)NC(Cc3ccccc3)C(=O)NC4C(=O)NC3C(=O)NC2C(=O)NC(C(=O)O)c2cc(O)cc(OC4OC(CO)C(O)C(O)C4O)c2-c2cc3ccc2O)OC1C. The fourth-order valence-electron chi connectivity index (χ4n) is 15.9. The van der Waals surface area contributed by atoms with Gasteiger partial charge in [-0.15, -0.1) is 0 Å². The quantitative estimate of drug-likeness (QED) is 0.0385. The summed E-state index contributed by atoms with van der Waals surface area (Å²) in [7, 11) is 1.36. The Labute approximate surface area is 729 Å². The van der Waals surface area contributed by atoms with Crippen molar-refractivity contribution in [1.82, 2.24) is 31.9 Å². The molecule has 4 fully saturated rings. The molecule has 7 aromatic carbocycles. The van der Waals surface area contributed by atoms with Crippen LogP contribution in [-0.2, 0) is 73.1 Å². The van der Waals surface area contributed by atoms with Crippen LogP contribution < -0.4 is 56.6 Å². The van der Waals surface area contributed by atoms with Crippen molar-refractivity contribution in [2.24, 2.45) is 5.73 Å². The number of amides is 6. The maximum absolute atomic E-state index is 16.8. The van der Waals surface area contributed by atoms with Crippen molar-refractivity contribution in [2.45, 2.75) is 192 Å². The van der Waals surface area contributed by atoms with Crippen molar-refractivity contribution < 1.29 is 167 Å². The van der Waals surface area contributed by atoms with Crippen LogP contribution >= 0.6 is 23.2 Å². The third kappa shape index (κ3) is 19.2. The van der Waals surface area contributed by atoms with E-state index in [1.165, 1.54) is 56.5 Å². The minimum atomic E-state index is -2.46. The van der Waals surface area contributed by atoms with E-state index in [2.05, 4.69) is 31.9 Å². The molecule has 6 amide bonds. The number of ketones is 1. The number of nitrogens with one attached hydrogen (secondary N) is 6. The molecule has 127 heavy (non-hydrogen) atoms. The molecule has 9 heterocycles. The summed E-state index contributed by atoms with van der Waals surface area (Å²) in [6, 6.07) is 10.9. The summed E-state index contributed by atoms with van der Waals surface area (Å²) in [5.41, 5.74) is 3.35. The van der Waals surface area contributed by atoms with Gasteiger partial charge >= 0.3 is 5.97 Å². The minimum absolute atomic E-state index is 0.196. The summed E-state index contributed by atoms with van der Waals surface area (Å²) in [5, 5.41) is 184. The van der Waals surface area contributed by atoms with Gasteiger partial charge in [0.25, 0.3) is 5.91 Å². The van der Waals surface area contributed by atoms with Gasteiger partial charge in [0, 0.05) is 54.3 Å². The van der Waals surface area contributed by atoms with Crippen LogP contribution in [0.1, 0.15) is 94.3 Å². The molecule has 4 saturated heterocycles. The summed E-state index contributed by atoms with van der Waals surface area (Å²) in [6.45, 7) is 0.799. The second-order valence-electron chi connectivity index (χ2n) is 31.1. The van der Waals surface area contributed by atoms with Crippen molar-refractivity contribution in [3.63, 3.8) is 0 Å². The molecule has 0 spiro atoms. The second-order valence-corrected chi connectivity index (χ2v) is 31.9. The van der Waals surface area contributed by atoms with Crippen LogP contribution in [-0.4, -0.2) is 279 Å². The zero-order chi connectivity index (χ0) is 91.2. The van der Waals surface area contributed by atoms with Gasteiger partial charge in [0.15, 0.2) is 36.2 Å². The Kier molecular flexibility index (Phi) is 27.9. The average molecular weight is 1810 g/mol. The number of carboxylic acids is 1. The summed E-state index contributed by atoms with van der Waals surface area (Å²) in [5.74, 6) is -17.7. The summed E-state index contributed by atoms with van der Waals surface area (Å²) >= 11 is 13.6. The number of phenols is 3. The molecule has 9 aliphatic rings. The standard InChI is InChI=1S/C84H89Cl2N7O34/c1-30-61(99)66(104)69(107)82(119-30)127-74-68(106)65(103)53(29-95)124-84(74)126-73-50-23-37-24-51(73)121-48-18-13-36(22-43(48)86)72(125-54-27-44(87)71(117-3)31(2)118-54)60-79(113)91-58(81(115)116)41-25-38(96)26-49(122-83-70(108)67(105)64(102)52(28-94)123-83)55(41)40-20-34(11-16-46(40)97)56(76(110)93-60)90-77(111)57(37)89-75(109)45(19-32-7-5-4-6-8-32)88-78(112)59(62(100)33-9-14-39(120-50)15-10-33)92-80(114)63(101)35-12-17-47(98)42(85)21-35/h4-18,20-26,30-31,44-45,52-54,56-62,64-72,74,82-84,94-100,102-108H,19,27-29,87H2,1-3H3,(H,88,112)(H,89,109)(H,90,111)(H,91,113)(H,92,114)(H,93,110)(H,115,116). The number of methoxy groups -OCH3 is 1. The number of ether oxygens (including phenoxy) is 11. The Hall–Kier alpha value is -11.1. The highest BCUT2D eigenvalue weighted by Gasteiger charge is 2.54. The monoisotopic (exact) mass is 1810 g/mol. The lowest BCUT2D eigenvalue weighted by molar-refractivity contribution is -0.354. The van der Waals surface area contributed by atoms with E-state index < -0.39 is 316 Å². The predicted octanol–water partition coefficient (Wildman–Crippen LogP) is -0.983. The first-order valence-corrected chi connectivity index (χ1v) is 40.4. The van der Waals surface area contributed by atoms with Gasteiger partial charge in [-0.1, -0.05) is 77.8 Å². The van der Waals surface area contributed by atoms with E-state index in [0.29, 0.717) is 0 Å². The number of aliphatic carboxylic acids is 1. The van der Waals surface area contributed by atoms with Crippen LogP contribution in [0, 0.1) is 0 Å². The third-order valence-electron chi connectivity index (χ3n) is 22.6. The highest BCUT2D eigenvalue weighted by Crippen LogP contribution is 2.50. The maximum Gasteiger partial charge on any atom is 0.330 e. The Bertz CT molecular complexity index is 5290. The lowest BCUT2D eigenvalue weighted by Crippen LogP contribution is -2.64. The molecule has 41 nitrogen and oxygen atoms in total. The van der Waals surface area contributed by atoms with Crippen LogP contribution in [0.5, 0.6) is 51.7 Å². The van der Waals surface area contributed by atoms with Crippen LogP contribution in [0.4, 0.5) is 0 Å². The van der Waals surface area contributed by atoms with Gasteiger partial charge in [-0.3, -0.25) is 33.6 Å². The predicted molar refractivity (Wildman–Crippen MR) is 430 cm³/mol. The molecule has 0 saturated carbocycles. The normalized spacial score (nSPS) is 32.2. The van der Waals surface area contributed by atoms with Crippen LogP contribution in [0.2, 0.25) is 10.0 Å². The molecule has 16 rings (SSSR count). The van der Waals surface area contributed by atoms with Gasteiger partial charge in [-0.2, -0.15) is 0 Å². The smallest absolute Gasteiger partial charge is 0.330 e. The molecule has 0 radical (unpaired) electrons. The van der Waals surface area contributed by atoms with Crippen molar-refractivity contribution in [2.75, 3.05) is 20.3 Å². The van der Waals surface area contributed by atoms with E-state index in [9.17, 15) is 91.0 Å². The van der Waals surface area contributed by atoms with Gasteiger partial charge in [0.05, 0.1) is 41.6 Å². The summed E-state index contributed by atoms with van der Waals surface area (Å²) in [6.07, 6.45) is -37.9. The number of phenolic OH excluding ortho intramolecular Hbond substituents is 3. The number of Topliss-reactive ketones (excluding diaryl/α,β-unsaturated/α-hetero) is 1. The number of carbonyl (C=O) groups excluding carboxylic acids is 7. The number of benzene rings is 7. The first-order valence-electron chi connectivity index (χ1n) is 39.7. The second kappa shape index (κ2) is 38.5. The number of aliphatic hydroxyl groups excluding tert-OH is 11. The van der Waals surface area contributed by atoms with Gasteiger partial charge in [-0.05, 0) is 114 Å². The number of rotatable bonds is 17. The van der Waals surface area contributed by atoms with Crippen molar-refractivity contribution in [3.05, 3.63) is 182 Å². The molecule has 27 atom stereocenters. The number of carbonyl (C=O) groups is 8. The molecule has 11 bridgehead atoms. The molecule has 678 valence electrons. The first-order chi connectivity index (χ1) is 60.5. The van der Waals surface area contributed by atoms with E-state index in [1.807, 2.05) is 0 Å². The minimum Gasteiger partial charge on any atom is -0.508 e. The van der Waals surface area contributed by atoms with E-state index >= 15 is 24.0 Å². The van der Waals surface area contributed by atoms with E-state index in [4.69, 9.17) is 81.0 Å². The molecule has 0 aromatic heterocycles. The Morgan fingerprint density at radius 3 is 1.84 bits per heavy atom. The molecule has 7 aromatic rings. The van der Waals surface area contributed by atoms with Crippen molar-refractivity contribution in [1.29, 1.82) is 0 Å². The molecule has 27 unspecified atom stereocenters. The number of nitrogens with two attached hydrogens (primary N) is 1. The lowest BCUT2D eigenvalue weighted by Gasteiger charge is -2.45. The first kappa shape index (κ1) is 92.1. The third-order valence-corrected chi connectivity index (χ3v) is 23.2. The summed E-state index contributed by atoms with van der Waals surface area (Å²) in [4.78, 5) is 123. The molecule has 43 heteroatoms. The van der Waals surface area contributed by atoms with Crippen LogP contribution in [0.3, 0.4) is 0 Å². The number of carboxylic acid groups (broad SMARTS) is 1. The Balaban J connectivity index is 1.01. The molecular weight excluding hydrogens is 1720 g/mol. The Morgan fingerprint density at radius 1 is 0.543 bits per heavy atom. The fourth-order valence-corrected chi connectivity index (χ4v) is 16.3. The van der Waals surface area contributed by atoms with Gasteiger partial charge in [0.1, 0.15) is 138 Å². The van der Waals surface area contributed by atoms with Gasteiger partial charge < -0.3 is 166 Å². The van der Waals surface area contributed by atoms with E-state index in [0.717, 1.165) is 72.8 Å². The molecule has 0 aliphatic carbocycles. The van der Waals surface area contributed by atoms with Crippen molar-refractivity contribution in [3.8, 4) is 62.9 Å². The van der Waals surface area contributed by atoms with Crippen molar-refractivity contribution >= 4 is 70.4 Å². The molecule has 23 N–H and O–H groups in total. The Morgan fingerprint density at radius 2 is 1.17 bits per heavy atom. The lowest BCUT2D eigenvalue weighted by atomic mass is 9.89. The van der Waals surface area contributed by atoms with E-state index in [1.54, 1.807) is 25.1 Å². The van der Waals surface area contributed by atoms with E-state index in [-0.39, 0.29) is 33.9 Å². The maximum atomic E-state index is 16.8. The largest absolute Gasteiger partial charge is 0.508 e. The summed E-state index contributed by atoms with van der Waals surface area (Å²) < 4.78 is 69.0. The molecule has 9 aliphatic heterocycles. The van der Waals surface area contributed by atoms with Gasteiger partial charge in [0.2, 0.25) is 53.6 Å². The number of fused-ring (bicyclic) bond motifs is 15. The van der Waals surface area contributed by atoms with Crippen LogP contribution in [0.25, 0.3) is 11.1 Å². The highest BCUT2D eigenvalue weighted by molar-refractivity contribution is 6.44. The van der Waals surface area contributed by atoms with Gasteiger partial charge in [-0.25, -0.2) is 4.79 Å². The highest BCUT2D eigenvalue weighted by atomic mass is 35.5. The molecular formula is C84H89Cl2N7O34. The number of halogens is 2. The zero-order valence-electron chi connectivity index (χ0n) is 66.9. The fraction of sp³-hybridized carbons (Fsp3) is 0.405. The number of hydrogen-bond acceptors (Lipinski definition) is 34. The zero-order valence-corrected chi connectivity index (χ0v) is 68.4. The average Bonchev–Trinajstić information content (AvgIpc) is 0.754. The van der Waals surface area contributed by atoms with Crippen LogP contribution in [0.15, 0.2) is 133 Å². The number of aliphatic hydroxyl groups is 11. The topological polar surface area (TPSA) is 640 Å². The number of aromatic hydroxyl groups is 3.